The number of alkyl halides is 3. The highest BCUT2D eigenvalue weighted by Gasteiger charge is 2.39. The number of Topliss-reactive ketones (excluding diaryl/α,β-unsaturated/α-hetero) is 1. The molecule has 212 valence electrons. The van der Waals surface area contributed by atoms with E-state index in [1.54, 1.807) is 26.0 Å². The number of pyridine rings is 1. The summed E-state index contributed by atoms with van der Waals surface area (Å²) in [6.07, 6.45) is -4.88. The van der Waals surface area contributed by atoms with Crippen LogP contribution >= 0.6 is 11.6 Å². The van der Waals surface area contributed by atoms with Gasteiger partial charge in [0.05, 0.1) is 24.3 Å². The molecule has 0 fully saturated rings. The normalized spacial score (nSPS) is 13.0. The van der Waals surface area contributed by atoms with Gasteiger partial charge in [0.15, 0.2) is 23.5 Å². The second-order valence-corrected chi connectivity index (χ2v) is 9.76. The third kappa shape index (κ3) is 6.29. The molecule has 1 N–H and O–H groups in total. The zero-order valence-electron chi connectivity index (χ0n) is 21.6. The highest BCUT2D eigenvalue weighted by Crippen LogP contribution is 2.24. The summed E-state index contributed by atoms with van der Waals surface area (Å²) in [6.45, 7) is 1.95. The predicted molar refractivity (Wildman–Crippen MR) is 137 cm³/mol. The molecule has 0 aliphatic rings. The van der Waals surface area contributed by atoms with Crippen LogP contribution in [0.2, 0.25) is 5.02 Å². The van der Waals surface area contributed by atoms with Crippen LogP contribution < -0.4 is 5.69 Å². The molecule has 11 nitrogen and oxygen atoms in total. The van der Waals surface area contributed by atoms with Gasteiger partial charge in [0, 0.05) is 23.9 Å². The minimum atomic E-state index is -4.94. The minimum absolute atomic E-state index is 0.0396. The first-order valence-corrected chi connectivity index (χ1v) is 12.3. The summed E-state index contributed by atoms with van der Waals surface area (Å²) in [5.41, 5.74) is -0.726. The smallest absolute Gasteiger partial charge is 0.382 e. The quantitative estimate of drug-likeness (QED) is 0.304. The summed E-state index contributed by atoms with van der Waals surface area (Å²) < 4.78 is 47.6. The molecule has 40 heavy (non-hydrogen) atoms. The third-order valence-corrected chi connectivity index (χ3v) is 6.46. The molecule has 0 aliphatic carbocycles. The second kappa shape index (κ2) is 11.3. The van der Waals surface area contributed by atoms with Gasteiger partial charge in [-0.2, -0.15) is 13.2 Å². The second-order valence-electron chi connectivity index (χ2n) is 9.33. The van der Waals surface area contributed by atoms with Crippen molar-refractivity contribution < 1.29 is 27.8 Å². The molecule has 0 unspecified atom stereocenters. The van der Waals surface area contributed by atoms with Crippen molar-refractivity contribution in [3.63, 3.8) is 0 Å². The Morgan fingerprint density at radius 3 is 2.48 bits per heavy atom. The molecule has 1 aromatic carbocycles. The molecule has 0 spiro atoms. The lowest BCUT2D eigenvalue weighted by atomic mass is 9.98. The molecular formula is C25H25ClF3N7O4. The lowest BCUT2D eigenvalue weighted by molar-refractivity contribution is -0.207. The van der Waals surface area contributed by atoms with Crippen LogP contribution in [0.3, 0.4) is 0 Å². The van der Waals surface area contributed by atoms with E-state index in [1.165, 1.54) is 48.6 Å². The SMILES string of the molecule is COC(C)(C)C(=O)Cc1ncccc1-n1cnc(Cn2nc(-c3ccc(Cl)cc3)n(C[C@H](O)C(F)(F)F)c2=O)n1. The Balaban J connectivity index is 1.66. The van der Waals surface area contributed by atoms with Gasteiger partial charge in [0.1, 0.15) is 18.5 Å². The van der Waals surface area contributed by atoms with Gasteiger partial charge in [0.25, 0.3) is 0 Å². The summed E-state index contributed by atoms with van der Waals surface area (Å²) in [5.74, 6) is -0.189. The maximum atomic E-state index is 13.1. The molecule has 0 radical (unpaired) electrons. The van der Waals surface area contributed by atoms with Gasteiger partial charge in [-0.1, -0.05) is 11.6 Å². The van der Waals surface area contributed by atoms with Crippen molar-refractivity contribution in [2.24, 2.45) is 0 Å². The highest BCUT2D eigenvalue weighted by atomic mass is 35.5. The summed E-state index contributed by atoms with van der Waals surface area (Å²) in [7, 11) is 1.44. The fourth-order valence-corrected chi connectivity index (χ4v) is 3.80. The number of aromatic nitrogens is 7. The predicted octanol–water partition coefficient (Wildman–Crippen LogP) is 2.85. The molecule has 0 amide bonds. The van der Waals surface area contributed by atoms with E-state index in [0.29, 0.717) is 22.0 Å². The maximum Gasteiger partial charge on any atom is 0.416 e. The number of hydrogen-bond donors (Lipinski definition) is 1. The van der Waals surface area contributed by atoms with Crippen molar-refractivity contribution in [3.8, 4) is 17.1 Å². The van der Waals surface area contributed by atoms with Gasteiger partial charge in [0.2, 0.25) is 0 Å². The first-order valence-electron chi connectivity index (χ1n) is 11.9. The zero-order chi connectivity index (χ0) is 29.2. The Labute approximate surface area is 230 Å². The number of ether oxygens (including phenoxy) is 1. The first kappa shape index (κ1) is 29.1. The molecule has 3 aromatic heterocycles. The highest BCUT2D eigenvalue weighted by molar-refractivity contribution is 6.30. The average molecular weight is 580 g/mol. The Hall–Kier alpha value is -3.88. The lowest BCUT2D eigenvalue weighted by Crippen LogP contribution is -2.37. The van der Waals surface area contributed by atoms with Gasteiger partial charge in [-0.3, -0.25) is 14.3 Å². The van der Waals surface area contributed by atoms with Gasteiger partial charge in [-0.15, -0.1) is 10.2 Å². The van der Waals surface area contributed by atoms with Gasteiger partial charge in [-0.25, -0.2) is 19.1 Å². The Bertz CT molecular complexity index is 1560. The van der Waals surface area contributed by atoms with Crippen LogP contribution in [-0.4, -0.2) is 70.0 Å². The molecule has 0 saturated carbocycles. The molecule has 15 heteroatoms. The zero-order valence-corrected chi connectivity index (χ0v) is 22.4. The largest absolute Gasteiger partial charge is 0.416 e. The van der Waals surface area contributed by atoms with Crippen LogP contribution in [0.4, 0.5) is 13.2 Å². The Morgan fingerprint density at radius 2 is 1.82 bits per heavy atom. The van der Waals surface area contributed by atoms with Crippen LogP contribution in [0.15, 0.2) is 53.7 Å². The monoisotopic (exact) mass is 579 g/mol. The van der Waals surface area contributed by atoms with Crippen LogP contribution in [0.5, 0.6) is 0 Å². The molecule has 0 bridgehead atoms. The van der Waals surface area contributed by atoms with E-state index in [0.717, 1.165) is 9.25 Å². The van der Waals surface area contributed by atoms with Crippen molar-refractivity contribution in [1.29, 1.82) is 0 Å². The standard InChI is InChI=1S/C25H25ClF3N7O4/c1-24(2,40-3)19(37)11-17-18(5-4-10-30-17)36-14-31-21(32-36)13-35-23(39)34(12-20(38)25(27,28)29)22(33-35)15-6-8-16(26)9-7-15/h4-10,14,20,38H,11-13H2,1-3H3/t20-/m0/s1. The van der Waals surface area contributed by atoms with Crippen molar-refractivity contribution >= 4 is 17.4 Å². The number of aliphatic hydroxyl groups is 1. The van der Waals surface area contributed by atoms with Crippen molar-refractivity contribution in [2.45, 2.75) is 51.2 Å². The number of ketones is 1. The maximum absolute atomic E-state index is 13.1. The molecule has 0 aliphatic heterocycles. The van der Waals surface area contributed by atoms with E-state index in [1.807, 2.05) is 0 Å². The Morgan fingerprint density at radius 1 is 1.12 bits per heavy atom. The summed E-state index contributed by atoms with van der Waals surface area (Å²) in [4.78, 5) is 34.3. The van der Waals surface area contributed by atoms with Crippen molar-refractivity contribution in [2.75, 3.05) is 7.11 Å². The number of methoxy groups -OCH3 is 1. The molecule has 1 atom stereocenters. The van der Waals surface area contributed by atoms with Gasteiger partial charge >= 0.3 is 11.9 Å². The molecule has 0 saturated heterocycles. The van der Waals surface area contributed by atoms with Crippen LogP contribution in [0.25, 0.3) is 17.1 Å². The molecular weight excluding hydrogens is 555 g/mol. The van der Waals surface area contributed by atoms with Crippen LogP contribution in [0, 0.1) is 0 Å². The topological polar surface area (TPSA) is 130 Å². The van der Waals surface area contributed by atoms with E-state index in [9.17, 15) is 27.9 Å². The lowest BCUT2D eigenvalue weighted by Gasteiger charge is -2.21. The van der Waals surface area contributed by atoms with Crippen molar-refractivity contribution in [1.82, 2.24) is 34.1 Å². The minimum Gasteiger partial charge on any atom is -0.382 e. The first-order chi connectivity index (χ1) is 18.8. The van der Waals surface area contributed by atoms with E-state index in [-0.39, 0.29) is 30.4 Å². The summed E-state index contributed by atoms with van der Waals surface area (Å²) in [6, 6.07) is 9.33. The number of halogens is 4. The Kier molecular flexibility index (Phi) is 8.23. The summed E-state index contributed by atoms with van der Waals surface area (Å²) >= 11 is 5.92. The van der Waals surface area contributed by atoms with E-state index in [2.05, 4.69) is 20.2 Å². The van der Waals surface area contributed by atoms with Crippen LogP contribution in [0.1, 0.15) is 25.4 Å². The van der Waals surface area contributed by atoms with Crippen LogP contribution in [-0.2, 0) is 29.0 Å². The fourth-order valence-electron chi connectivity index (χ4n) is 3.67. The number of aliphatic hydroxyl groups excluding tert-OH is 1. The number of hydrogen-bond acceptors (Lipinski definition) is 8. The average Bonchev–Trinajstić information content (AvgIpc) is 3.49. The molecule has 4 aromatic rings. The fraction of sp³-hybridized carbons (Fsp3) is 0.360. The number of carbonyl (C=O) groups excluding carboxylic acids is 1. The molecule has 3 heterocycles. The van der Waals surface area contributed by atoms with Gasteiger partial charge < -0.3 is 9.84 Å². The number of nitrogens with zero attached hydrogens (tertiary/aromatic N) is 7. The third-order valence-electron chi connectivity index (χ3n) is 6.21. The van der Waals surface area contributed by atoms with Gasteiger partial charge in [-0.05, 0) is 50.2 Å². The van der Waals surface area contributed by atoms with E-state index >= 15 is 0 Å². The van der Waals surface area contributed by atoms with E-state index < -0.39 is 30.1 Å². The molecule has 4 rings (SSSR count). The number of rotatable bonds is 10. The number of benzene rings is 1. The van der Waals surface area contributed by atoms with Crippen molar-refractivity contribution in [3.05, 3.63) is 75.9 Å². The summed E-state index contributed by atoms with van der Waals surface area (Å²) in [5, 5.41) is 18.6. The van der Waals surface area contributed by atoms with E-state index in [4.69, 9.17) is 16.3 Å². The number of carbonyl (C=O) groups is 1.